The highest BCUT2D eigenvalue weighted by Crippen LogP contribution is 2.31. The zero-order valence-corrected chi connectivity index (χ0v) is 16.6. The normalized spacial score (nSPS) is 16.2. The maximum Gasteiger partial charge on any atom is 0.189 e. The molecule has 2 aromatic carbocycles. The maximum absolute atomic E-state index is 6.17. The van der Waals surface area contributed by atoms with Crippen molar-refractivity contribution < 1.29 is 14.2 Å². The predicted octanol–water partition coefficient (Wildman–Crippen LogP) is 3.34. The lowest BCUT2D eigenvalue weighted by Crippen LogP contribution is -2.37. The van der Waals surface area contributed by atoms with E-state index in [0.29, 0.717) is 32.3 Å². The lowest BCUT2D eigenvalue weighted by Gasteiger charge is -2.27. The summed E-state index contributed by atoms with van der Waals surface area (Å²) < 4.78 is 16.7. The molecule has 1 atom stereocenters. The molecule has 0 spiro atoms. The Morgan fingerprint density at radius 1 is 1.25 bits per heavy atom. The maximum atomic E-state index is 6.17. The van der Waals surface area contributed by atoms with E-state index in [1.54, 1.807) is 7.11 Å². The number of guanidine groups is 1. The number of nitrogens with two attached hydrogens (primary N) is 1. The van der Waals surface area contributed by atoms with E-state index in [1.165, 1.54) is 0 Å². The summed E-state index contributed by atoms with van der Waals surface area (Å²) in [6.45, 7) is 4.47. The number of nitrogens with zero attached hydrogens (tertiary/aromatic N) is 1. The van der Waals surface area contributed by atoms with Crippen molar-refractivity contribution in [1.82, 2.24) is 5.32 Å². The lowest BCUT2D eigenvalue weighted by atomic mass is 10.0. The summed E-state index contributed by atoms with van der Waals surface area (Å²) in [5.41, 5.74) is 9.45. The number of para-hydroxylation sites is 1. The van der Waals surface area contributed by atoms with Gasteiger partial charge in [-0.15, -0.1) is 0 Å². The molecule has 0 aromatic heterocycles. The third-order valence-corrected chi connectivity index (χ3v) is 4.67. The molecule has 0 saturated heterocycles. The molecule has 0 fully saturated rings. The second kappa shape index (κ2) is 9.99. The number of aliphatic imine (C=N–C) groups is 1. The number of nitrogens with one attached hydrogen (secondary N) is 1. The minimum absolute atomic E-state index is 0.108. The number of ether oxygens (including phenoxy) is 3. The smallest absolute Gasteiger partial charge is 0.189 e. The van der Waals surface area contributed by atoms with Crippen LogP contribution in [0.2, 0.25) is 0 Å². The molecule has 0 saturated carbocycles. The summed E-state index contributed by atoms with van der Waals surface area (Å²) in [5, 5.41) is 3.33. The first-order valence-corrected chi connectivity index (χ1v) is 9.67. The third-order valence-electron chi connectivity index (χ3n) is 4.67. The molecule has 1 unspecified atom stereocenters. The summed E-state index contributed by atoms with van der Waals surface area (Å²) in [6, 6.07) is 14.3. The van der Waals surface area contributed by atoms with Crippen molar-refractivity contribution in [2.45, 2.75) is 32.4 Å². The number of hydrogen-bond donors (Lipinski definition) is 2. The van der Waals surface area contributed by atoms with Crippen LogP contribution in [0, 0.1) is 6.92 Å². The summed E-state index contributed by atoms with van der Waals surface area (Å²) in [5.74, 6) is 2.18. The van der Waals surface area contributed by atoms with Gasteiger partial charge in [0.05, 0.1) is 25.8 Å². The van der Waals surface area contributed by atoms with Crippen LogP contribution in [0.4, 0.5) is 0 Å². The van der Waals surface area contributed by atoms with Crippen molar-refractivity contribution in [2.75, 3.05) is 26.9 Å². The second-order valence-electron chi connectivity index (χ2n) is 6.88. The highest BCUT2D eigenvalue weighted by Gasteiger charge is 2.21. The standard InChI is InChI=1S/C22H29N3O3/c1-16-8-9-17(21(14-16)27-12-5-11-26-2)15-24-22(23)25-19-10-13-28-20-7-4-3-6-18(19)20/h3-4,6-9,14,19H,5,10-13,15H2,1-2H3,(H3,23,24,25). The molecule has 0 amide bonds. The molecule has 3 N–H and O–H groups in total. The Morgan fingerprint density at radius 3 is 2.96 bits per heavy atom. The molecular weight excluding hydrogens is 354 g/mol. The molecule has 0 bridgehead atoms. The van der Waals surface area contributed by atoms with E-state index in [9.17, 15) is 0 Å². The molecule has 2 aromatic rings. The van der Waals surface area contributed by atoms with Gasteiger partial charge in [-0.25, -0.2) is 4.99 Å². The van der Waals surface area contributed by atoms with Crippen molar-refractivity contribution in [1.29, 1.82) is 0 Å². The first kappa shape index (κ1) is 20.0. The van der Waals surface area contributed by atoms with Crippen LogP contribution in [0.1, 0.15) is 35.6 Å². The van der Waals surface area contributed by atoms with E-state index in [2.05, 4.69) is 22.4 Å². The van der Waals surface area contributed by atoms with Gasteiger partial charge in [-0.3, -0.25) is 0 Å². The Labute approximate surface area is 166 Å². The summed E-state index contributed by atoms with van der Waals surface area (Å²) in [6.07, 6.45) is 1.70. The van der Waals surface area contributed by atoms with Crippen LogP contribution in [0.5, 0.6) is 11.5 Å². The van der Waals surface area contributed by atoms with Crippen LogP contribution in [0.25, 0.3) is 0 Å². The Balaban J connectivity index is 1.63. The first-order chi connectivity index (χ1) is 13.7. The van der Waals surface area contributed by atoms with Gasteiger partial charge in [-0.05, 0) is 24.6 Å². The molecule has 0 aliphatic carbocycles. The van der Waals surface area contributed by atoms with Gasteiger partial charge in [0.2, 0.25) is 0 Å². The fourth-order valence-electron chi connectivity index (χ4n) is 3.20. The average Bonchev–Trinajstić information content (AvgIpc) is 2.71. The topological polar surface area (TPSA) is 78.1 Å². The molecule has 28 heavy (non-hydrogen) atoms. The van der Waals surface area contributed by atoms with Crippen LogP contribution in [0.15, 0.2) is 47.5 Å². The molecule has 6 nitrogen and oxygen atoms in total. The third kappa shape index (κ3) is 5.39. The largest absolute Gasteiger partial charge is 0.493 e. The fraction of sp³-hybridized carbons (Fsp3) is 0.409. The monoisotopic (exact) mass is 383 g/mol. The van der Waals surface area contributed by atoms with Crippen molar-refractivity contribution in [3.8, 4) is 11.5 Å². The SMILES string of the molecule is COCCCOc1cc(C)ccc1CN=C(N)NC1CCOc2ccccc21. The van der Waals surface area contributed by atoms with E-state index < -0.39 is 0 Å². The molecule has 150 valence electrons. The molecule has 0 radical (unpaired) electrons. The Kier molecular flexibility index (Phi) is 7.14. The predicted molar refractivity (Wildman–Crippen MR) is 111 cm³/mol. The minimum atomic E-state index is 0.108. The number of hydrogen-bond acceptors (Lipinski definition) is 4. The summed E-state index contributed by atoms with van der Waals surface area (Å²) >= 11 is 0. The quantitative estimate of drug-likeness (QED) is 0.415. The molecule has 1 aliphatic heterocycles. The highest BCUT2D eigenvalue weighted by molar-refractivity contribution is 5.78. The highest BCUT2D eigenvalue weighted by atomic mass is 16.5. The Morgan fingerprint density at radius 2 is 2.11 bits per heavy atom. The molecule has 1 aliphatic rings. The van der Waals surface area contributed by atoms with Crippen LogP contribution >= 0.6 is 0 Å². The first-order valence-electron chi connectivity index (χ1n) is 9.67. The van der Waals surface area contributed by atoms with Crippen molar-refractivity contribution in [2.24, 2.45) is 10.7 Å². The summed E-state index contributed by atoms with van der Waals surface area (Å²) in [7, 11) is 1.69. The number of rotatable bonds is 8. The van der Waals surface area contributed by atoms with Crippen LogP contribution in [0.3, 0.4) is 0 Å². The lowest BCUT2D eigenvalue weighted by molar-refractivity contribution is 0.172. The van der Waals surface area contributed by atoms with Gasteiger partial charge >= 0.3 is 0 Å². The summed E-state index contributed by atoms with van der Waals surface area (Å²) in [4.78, 5) is 4.53. The number of methoxy groups -OCH3 is 1. The minimum Gasteiger partial charge on any atom is -0.493 e. The van der Waals surface area contributed by atoms with E-state index in [0.717, 1.165) is 41.0 Å². The average molecular weight is 383 g/mol. The Bertz CT molecular complexity index is 807. The second-order valence-corrected chi connectivity index (χ2v) is 6.88. The Hall–Kier alpha value is -2.73. The van der Waals surface area contributed by atoms with Crippen molar-refractivity contribution in [3.63, 3.8) is 0 Å². The zero-order valence-electron chi connectivity index (χ0n) is 16.6. The number of fused-ring (bicyclic) bond motifs is 1. The molecule has 1 heterocycles. The van der Waals surface area contributed by atoms with E-state index in [4.69, 9.17) is 19.9 Å². The van der Waals surface area contributed by atoms with Gasteiger partial charge in [-0.1, -0.05) is 30.3 Å². The molecule has 6 heteroatoms. The van der Waals surface area contributed by atoms with E-state index >= 15 is 0 Å². The van der Waals surface area contributed by atoms with Gasteiger partial charge in [-0.2, -0.15) is 0 Å². The van der Waals surface area contributed by atoms with E-state index in [1.807, 2.05) is 37.3 Å². The van der Waals surface area contributed by atoms with Crippen LogP contribution < -0.4 is 20.5 Å². The number of aryl methyl sites for hydroxylation is 1. The van der Waals surface area contributed by atoms with Crippen molar-refractivity contribution in [3.05, 3.63) is 59.2 Å². The molecule has 3 rings (SSSR count). The van der Waals surface area contributed by atoms with Gasteiger partial charge in [0.1, 0.15) is 11.5 Å². The van der Waals surface area contributed by atoms with Crippen LogP contribution in [-0.4, -0.2) is 32.9 Å². The molecular formula is C22H29N3O3. The van der Waals surface area contributed by atoms with Crippen LogP contribution in [-0.2, 0) is 11.3 Å². The number of benzene rings is 2. The van der Waals surface area contributed by atoms with Crippen molar-refractivity contribution >= 4 is 5.96 Å². The van der Waals surface area contributed by atoms with Gasteiger partial charge in [0, 0.05) is 37.7 Å². The fourth-order valence-corrected chi connectivity index (χ4v) is 3.20. The van der Waals surface area contributed by atoms with E-state index in [-0.39, 0.29) is 6.04 Å². The van der Waals surface area contributed by atoms with Gasteiger partial charge in [0.25, 0.3) is 0 Å². The van der Waals surface area contributed by atoms with Gasteiger partial charge < -0.3 is 25.3 Å². The zero-order chi connectivity index (χ0) is 19.8. The van der Waals surface area contributed by atoms with Gasteiger partial charge in [0.15, 0.2) is 5.96 Å².